The predicted molar refractivity (Wildman–Crippen MR) is 142 cm³/mol. The van der Waals surface area contributed by atoms with Crippen molar-refractivity contribution in [3.05, 3.63) is 12.2 Å². The molecule has 1 rings (SSSR count). The summed E-state index contributed by atoms with van der Waals surface area (Å²) in [6.07, 6.45) is 13.1. The van der Waals surface area contributed by atoms with Crippen LogP contribution in [0.4, 0.5) is 0 Å². The zero-order valence-corrected chi connectivity index (χ0v) is 24.2. The summed E-state index contributed by atoms with van der Waals surface area (Å²) in [6.45, 7) is 4.56. The van der Waals surface area contributed by atoms with Crippen LogP contribution in [0, 0.1) is 0 Å². The van der Waals surface area contributed by atoms with Gasteiger partial charge in [0.25, 0.3) is 0 Å². The predicted octanol–water partition coefficient (Wildman–Crippen LogP) is 2.01. The Labute approximate surface area is 225 Å². The normalized spacial score (nSPS) is 25.9. The molecule has 0 heterocycles. The first kappa shape index (κ1) is 39.9. The lowest BCUT2D eigenvalue weighted by Crippen LogP contribution is -2.63. The van der Waals surface area contributed by atoms with Crippen molar-refractivity contribution in [1.82, 2.24) is 0 Å². The van der Waals surface area contributed by atoms with Crippen LogP contribution in [0.2, 0.25) is 0 Å². The number of unbranched alkanes of at least 4 members (excludes halogenated alkanes) is 11. The fourth-order valence-corrected chi connectivity index (χ4v) is 4.60. The topological polar surface area (TPSA) is 246 Å². The molecule has 10 N–H and O–H groups in total. The molecule has 0 bridgehead atoms. The first-order chi connectivity index (χ1) is 17.6. The largest absolute Gasteiger partial charge is 0.478 e. The number of hydrogen-bond acceptors (Lipinski definition) is 9. The fraction of sp³-hybridized carbons (Fsp3) is 0.913. The molecule has 1 saturated carbocycles. The van der Waals surface area contributed by atoms with E-state index in [1.54, 1.807) is 0 Å². The zero-order valence-electron chi connectivity index (χ0n) is 22.4. The quantitative estimate of drug-likeness (QED) is 0.0739. The SMILES string of the molecule is CCCCCCC=CCCCCCCCCC.O=P(O)(O)OP(=O)(O)O.OC1C(O)C(O)C(O)C(O)C1O. The van der Waals surface area contributed by atoms with E-state index in [4.69, 9.17) is 50.2 Å². The zero-order chi connectivity index (χ0) is 29.8. The highest BCUT2D eigenvalue weighted by Gasteiger charge is 2.47. The minimum atomic E-state index is -5.05. The van der Waals surface area contributed by atoms with Crippen LogP contribution in [0.25, 0.3) is 0 Å². The van der Waals surface area contributed by atoms with Crippen LogP contribution in [0.3, 0.4) is 0 Å². The molecule has 0 saturated heterocycles. The molecular formula is C23H50O13P2. The van der Waals surface area contributed by atoms with Crippen molar-refractivity contribution in [2.24, 2.45) is 0 Å². The van der Waals surface area contributed by atoms with Crippen LogP contribution in [0.15, 0.2) is 12.2 Å². The van der Waals surface area contributed by atoms with E-state index in [2.05, 4.69) is 30.3 Å². The van der Waals surface area contributed by atoms with Crippen LogP contribution in [-0.2, 0) is 13.4 Å². The van der Waals surface area contributed by atoms with Gasteiger partial charge in [0.15, 0.2) is 0 Å². The van der Waals surface area contributed by atoms with Crippen molar-refractivity contribution in [2.75, 3.05) is 0 Å². The maximum absolute atomic E-state index is 9.63. The van der Waals surface area contributed by atoms with Gasteiger partial charge in [-0.3, -0.25) is 0 Å². The van der Waals surface area contributed by atoms with E-state index in [-0.39, 0.29) is 0 Å². The van der Waals surface area contributed by atoms with Crippen molar-refractivity contribution in [1.29, 1.82) is 0 Å². The molecule has 0 amide bonds. The lowest BCUT2D eigenvalue weighted by Gasteiger charge is -2.39. The van der Waals surface area contributed by atoms with Crippen LogP contribution in [-0.4, -0.2) is 86.8 Å². The van der Waals surface area contributed by atoms with E-state index < -0.39 is 52.3 Å². The molecule has 0 aromatic heterocycles. The summed E-state index contributed by atoms with van der Waals surface area (Å²) in [5.41, 5.74) is 0. The summed E-state index contributed by atoms with van der Waals surface area (Å²) >= 11 is 0. The Hall–Kier alpha value is -0.240. The second-order valence-corrected chi connectivity index (χ2v) is 11.9. The minimum absolute atomic E-state index is 1.30. The number of aliphatic hydroxyl groups is 6. The van der Waals surface area contributed by atoms with Crippen molar-refractivity contribution in [2.45, 2.75) is 134 Å². The van der Waals surface area contributed by atoms with Crippen molar-refractivity contribution >= 4 is 15.6 Å². The molecular weight excluding hydrogens is 546 g/mol. The van der Waals surface area contributed by atoms with Crippen molar-refractivity contribution in [3.63, 3.8) is 0 Å². The molecule has 0 radical (unpaired) electrons. The number of rotatable bonds is 15. The van der Waals surface area contributed by atoms with Gasteiger partial charge in [-0.25, -0.2) is 9.13 Å². The van der Waals surface area contributed by atoms with Crippen LogP contribution in [0.5, 0.6) is 0 Å². The first-order valence-corrected chi connectivity index (χ1v) is 16.2. The summed E-state index contributed by atoms with van der Waals surface area (Å²) in [5.74, 6) is 0. The molecule has 0 spiro atoms. The van der Waals surface area contributed by atoms with Gasteiger partial charge >= 0.3 is 15.6 Å². The van der Waals surface area contributed by atoms with E-state index in [1.165, 1.54) is 83.5 Å². The van der Waals surface area contributed by atoms with E-state index in [0.29, 0.717) is 0 Å². The highest BCUT2D eigenvalue weighted by atomic mass is 31.3. The Bertz CT molecular complexity index is 604. The molecule has 15 heteroatoms. The monoisotopic (exact) mass is 596 g/mol. The van der Waals surface area contributed by atoms with E-state index in [9.17, 15) is 9.13 Å². The molecule has 0 aromatic rings. The number of phosphoric acid groups is 2. The standard InChI is InChI=1S/C17H34.C6H12O6.H4O7P2/c1-3-5-7-9-11-13-15-17-16-14-12-10-8-6-4-2;7-1-2(8)4(10)6(12)5(11)3(1)9;1-8(2,3)7-9(4,5)6/h13,15H,3-12,14,16-17H2,1-2H3;1-12H;(H2,1,2,3)(H2,4,5,6). The molecule has 230 valence electrons. The molecule has 0 atom stereocenters. The van der Waals surface area contributed by atoms with Gasteiger partial charge in [0.1, 0.15) is 36.6 Å². The molecule has 13 nitrogen and oxygen atoms in total. The summed E-state index contributed by atoms with van der Waals surface area (Å²) in [7, 11) is -10.1. The lowest BCUT2D eigenvalue weighted by atomic mass is 9.85. The third kappa shape index (κ3) is 22.6. The summed E-state index contributed by atoms with van der Waals surface area (Å²) < 4.78 is 22.2. The van der Waals surface area contributed by atoms with Crippen LogP contribution >= 0.6 is 15.6 Å². The molecule has 0 aliphatic heterocycles. The Kier molecular flexibility index (Phi) is 23.6. The van der Waals surface area contributed by atoms with E-state index in [0.717, 1.165) is 0 Å². The maximum Gasteiger partial charge on any atom is 0.478 e. The highest BCUT2D eigenvalue weighted by Crippen LogP contribution is 2.53. The molecule has 1 aliphatic rings. The average Bonchev–Trinajstić information content (AvgIpc) is 2.82. The smallest absolute Gasteiger partial charge is 0.387 e. The summed E-state index contributed by atoms with van der Waals surface area (Å²) in [6, 6.07) is 0. The Balaban J connectivity index is 0. The summed E-state index contributed by atoms with van der Waals surface area (Å²) in [4.78, 5) is 31.0. The molecule has 1 aliphatic carbocycles. The van der Waals surface area contributed by atoms with Gasteiger partial charge < -0.3 is 50.2 Å². The molecule has 38 heavy (non-hydrogen) atoms. The molecule has 1 fully saturated rings. The molecule has 0 aromatic carbocycles. The van der Waals surface area contributed by atoms with Gasteiger partial charge in [-0.1, -0.05) is 83.8 Å². The molecule has 0 unspecified atom stereocenters. The minimum Gasteiger partial charge on any atom is -0.387 e. The summed E-state index contributed by atoms with van der Waals surface area (Å²) in [5, 5.41) is 53.8. The number of hydrogen-bond donors (Lipinski definition) is 10. The average molecular weight is 597 g/mol. The van der Waals surface area contributed by atoms with Crippen LogP contribution < -0.4 is 0 Å². The van der Waals surface area contributed by atoms with Crippen molar-refractivity contribution < 1.29 is 63.7 Å². The Morgan fingerprint density at radius 1 is 0.500 bits per heavy atom. The van der Waals surface area contributed by atoms with Gasteiger partial charge in [-0.2, -0.15) is 4.31 Å². The van der Waals surface area contributed by atoms with Crippen LogP contribution in [0.1, 0.15) is 97.3 Å². The first-order valence-electron chi connectivity index (χ1n) is 13.1. The van der Waals surface area contributed by atoms with Gasteiger partial charge in [-0.05, 0) is 25.7 Å². The number of allylic oxidation sites excluding steroid dienone is 2. The third-order valence-electron chi connectivity index (χ3n) is 5.68. The second-order valence-electron chi connectivity index (χ2n) is 9.24. The Morgan fingerprint density at radius 2 is 0.737 bits per heavy atom. The fourth-order valence-electron chi connectivity index (χ4n) is 3.49. The Morgan fingerprint density at radius 3 is 0.974 bits per heavy atom. The third-order valence-corrected chi connectivity index (χ3v) is 7.38. The van der Waals surface area contributed by atoms with E-state index in [1.807, 2.05) is 0 Å². The second kappa shape index (κ2) is 22.4. The van der Waals surface area contributed by atoms with Gasteiger partial charge in [0, 0.05) is 0 Å². The van der Waals surface area contributed by atoms with Gasteiger partial charge in [-0.15, -0.1) is 0 Å². The van der Waals surface area contributed by atoms with Crippen molar-refractivity contribution in [3.8, 4) is 0 Å². The lowest BCUT2D eigenvalue weighted by molar-refractivity contribution is -0.223. The van der Waals surface area contributed by atoms with Gasteiger partial charge in [0.2, 0.25) is 0 Å². The highest BCUT2D eigenvalue weighted by molar-refractivity contribution is 7.60. The number of aliphatic hydroxyl groups excluding tert-OH is 6. The van der Waals surface area contributed by atoms with E-state index >= 15 is 0 Å². The van der Waals surface area contributed by atoms with Gasteiger partial charge in [0.05, 0.1) is 0 Å². The maximum atomic E-state index is 9.63.